The minimum atomic E-state index is -0.184. The van der Waals surface area contributed by atoms with Gasteiger partial charge in [-0.15, -0.1) is 0 Å². The van der Waals surface area contributed by atoms with Gasteiger partial charge in [-0.3, -0.25) is 20.5 Å². The Bertz CT molecular complexity index is 438. The van der Waals surface area contributed by atoms with Crippen LogP contribution in [0.4, 0.5) is 0 Å². The zero-order valence-corrected chi connectivity index (χ0v) is 9.04. The second kappa shape index (κ2) is 4.82. The summed E-state index contributed by atoms with van der Waals surface area (Å²) in [5, 5.41) is 4.20. The van der Waals surface area contributed by atoms with E-state index in [1.165, 1.54) is 0 Å². The monoisotopic (exact) mass is 218 g/mol. The van der Waals surface area contributed by atoms with Gasteiger partial charge in [0.1, 0.15) is 6.04 Å². The molecule has 0 amide bonds. The molecule has 0 fully saturated rings. The average molecular weight is 218 g/mol. The van der Waals surface area contributed by atoms with Crippen LogP contribution < -0.4 is 11.3 Å². The fraction of sp³-hybridized carbons (Fsp3) is 0.300. The van der Waals surface area contributed by atoms with Crippen LogP contribution in [0, 0.1) is 0 Å². The van der Waals surface area contributed by atoms with E-state index < -0.39 is 0 Å². The molecule has 2 heterocycles. The van der Waals surface area contributed by atoms with Crippen LogP contribution in [-0.2, 0) is 6.54 Å². The molecule has 0 saturated heterocycles. The number of aromatic nitrogens is 4. The smallest absolute Gasteiger partial charge is 0.106 e. The molecule has 0 aromatic carbocycles. The van der Waals surface area contributed by atoms with E-state index in [1.54, 1.807) is 24.8 Å². The highest BCUT2D eigenvalue weighted by molar-refractivity contribution is 5.18. The zero-order valence-electron chi connectivity index (χ0n) is 9.04. The fourth-order valence-electron chi connectivity index (χ4n) is 1.63. The summed E-state index contributed by atoms with van der Waals surface area (Å²) in [5.74, 6) is 5.56. The molecule has 16 heavy (non-hydrogen) atoms. The maximum atomic E-state index is 5.56. The molecule has 0 aliphatic heterocycles. The van der Waals surface area contributed by atoms with Crippen molar-refractivity contribution in [3.63, 3.8) is 0 Å². The molecule has 3 N–H and O–H groups in total. The molecule has 0 radical (unpaired) electrons. The Balaban J connectivity index is 2.37. The second-order valence-electron chi connectivity index (χ2n) is 3.30. The maximum absolute atomic E-state index is 5.56. The quantitative estimate of drug-likeness (QED) is 0.567. The number of hydrogen-bond donors (Lipinski definition) is 2. The van der Waals surface area contributed by atoms with E-state index in [0.717, 1.165) is 17.9 Å². The van der Waals surface area contributed by atoms with E-state index in [0.29, 0.717) is 0 Å². The van der Waals surface area contributed by atoms with Gasteiger partial charge in [0.15, 0.2) is 0 Å². The number of aryl methyl sites for hydroxylation is 1. The summed E-state index contributed by atoms with van der Waals surface area (Å²) in [7, 11) is 0. The summed E-state index contributed by atoms with van der Waals surface area (Å²) in [6.07, 6.45) is 6.72. The minimum Gasteiger partial charge on any atom is -0.270 e. The minimum absolute atomic E-state index is 0.184. The van der Waals surface area contributed by atoms with Gasteiger partial charge in [0.05, 0.1) is 17.6 Å². The highest BCUT2D eigenvalue weighted by atomic mass is 15.3. The molecule has 0 bridgehead atoms. The van der Waals surface area contributed by atoms with Crippen molar-refractivity contribution in [1.82, 2.24) is 25.2 Å². The summed E-state index contributed by atoms with van der Waals surface area (Å²) >= 11 is 0. The van der Waals surface area contributed by atoms with Gasteiger partial charge in [0.25, 0.3) is 0 Å². The molecule has 2 aromatic rings. The van der Waals surface area contributed by atoms with E-state index in [2.05, 4.69) is 20.5 Å². The van der Waals surface area contributed by atoms with E-state index >= 15 is 0 Å². The molecule has 6 nitrogen and oxygen atoms in total. The van der Waals surface area contributed by atoms with Crippen LogP contribution in [-0.4, -0.2) is 19.7 Å². The van der Waals surface area contributed by atoms with E-state index in [9.17, 15) is 0 Å². The maximum Gasteiger partial charge on any atom is 0.106 e. The molecule has 0 aliphatic carbocycles. The van der Waals surface area contributed by atoms with Crippen LogP contribution in [0.1, 0.15) is 24.4 Å². The fourth-order valence-corrected chi connectivity index (χ4v) is 1.63. The van der Waals surface area contributed by atoms with E-state index in [-0.39, 0.29) is 6.04 Å². The third-order valence-corrected chi connectivity index (χ3v) is 2.39. The first-order valence-corrected chi connectivity index (χ1v) is 5.10. The second-order valence-corrected chi connectivity index (χ2v) is 3.30. The van der Waals surface area contributed by atoms with Crippen molar-refractivity contribution in [3.05, 3.63) is 42.2 Å². The Hall–Kier alpha value is -1.79. The summed E-state index contributed by atoms with van der Waals surface area (Å²) in [4.78, 5) is 8.27. The lowest BCUT2D eigenvalue weighted by atomic mass is 10.1. The largest absolute Gasteiger partial charge is 0.270 e. The highest BCUT2D eigenvalue weighted by Crippen LogP contribution is 2.17. The normalized spacial score (nSPS) is 12.6. The lowest BCUT2D eigenvalue weighted by Gasteiger charge is -2.15. The van der Waals surface area contributed by atoms with Gasteiger partial charge >= 0.3 is 0 Å². The average Bonchev–Trinajstić information content (AvgIpc) is 2.80. The molecule has 84 valence electrons. The molecule has 2 rings (SSSR count). The third-order valence-electron chi connectivity index (χ3n) is 2.39. The summed E-state index contributed by atoms with van der Waals surface area (Å²) in [6.45, 7) is 2.82. The van der Waals surface area contributed by atoms with E-state index in [1.807, 2.05) is 17.7 Å². The van der Waals surface area contributed by atoms with Gasteiger partial charge in [-0.25, -0.2) is 5.43 Å². The van der Waals surface area contributed by atoms with Crippen molar-refractivity contribution in [2.75, 3.05) is 0 Å². The Morgan fingerprint density at radius 2 is 2.31 bits per heavy atom. The first-order chi connectivity index (χ1) is 7.86. The SMILES string of the molecule is CCn1nccc1C(NN)c1cnccn1. The first-order valence-electron chi connectivity index (χ1n) is 5.10. The lowest BCUT2D eigenvalue weighted by molar-refractivity contribution is 0.534. The Morgan fingerprint density at radius 3 is 2.94 bits per heavy atom. The van der Waals surface area contributed by atoms with Crippen LogP contribution >= 0.6 is 0 Å². The number of rotatable bonds is 4. The van der Waals surface area contributed by atoms with Crippen molar-refractivity contribution < 1.29 is 0 Å². The van der Waals surface area contributed by atoms with Gasteiger partial charge < -0.3 is 0 Å². The number of hydrogen-bond acceptors (Lipinski definition) is 5. The molecule has 0 saturated carbocycles. The molecular weight excluding hydrogens is 204 g/mol. The van der Waals surface area contributed by atoms with Gasteiger partial charge in [0, 0.05) is 25.1 Å². The topological polar surface area (TPSA) is 81.7 Å². The number of nitrogens with two attached hydrogens (primary N) is 1. The number of hydrazine groups is 1. The van der Waals surface area contributed by atoms with Crippen LogP contribution in [0.15, 0.2) is 30.9 Å². The van der Waals surface area contributed by atoms with Gasteiger partial charge in [-0.2, -0.15) is 5.10 Å². The standard InChI is InChI=1S/C10H14N6/c1-2-16-9(3-4-14-16)10(15-11)8-7-12-5-6-13-8/h3-7,10,15H,2,11H2,1H3. The molecule has 1 atom stereocenters. The summed E-state index contributed by atoms with van der Waals surface area (Å²) < 4.78 is 1.87. The molecule has 1 unspecified atom stereocenters. The molecular formula is C10H14N6. The van der Waals surface area contributed by atoms with Crippen LogP contribution in [0.25, 0.3) is 0 Å². The van der Waals surface area contributed by atoms with Gasteiger partial charge in [0.2, 0.25) is 0 Å². The predicted octanol–water partition coefficient (Wildman–Crippen LogP) is 0.246. The van der Waals surface area contributed by atoms with Crippen molar-refractivity contribution in [1.29, 1.82) is 0 Å². The van der Waals surface area contributed by atoms with Gasteiger partial charge in [-0.1, -0.05) is 0 Å². The van der Waals surface area contributed by atoms with E-state index in [4.69, 9.17) is 5.84 Å². The van der Waals surface area contributed by atoms with Crippen LogP contribution in [0.3, 0.4) is 0 Å². The zero-order chi connectivity index (χ0) is 11.4. The third kappa shape index (κ3) is 1.93. The highest BCUT2D eigenvalue weighted by Gasteiger charge is 2.17. The Kier molecular flexibility index (Phi) is 3.23. The summed E-state index contributed by atoms with van der Waals surface area (Å²) in [6, 6.07) is 1.74. The van der Waals surface area contributed by atoms with Crippen LogP contribution in [0.5, 0.6) is 0 Å². The van der Waals surface area contributed by atoms with Crippen molar-refractivity contribution in [2.45, 2.75) is 19.5 Å². The predicted molar refractivity (Wildman–Crippen MR) is 59.1 cm³/mol. The van der Waals surface area contributed by atoms with Crippen molar-refractivity contribution in [3.8, 4) is 0 Å². The van der Waals surface area contributed by atoms with Crippen molar-refractivity contribution >= 4 is 0 Å². The number of nitrogens with one attached hydrogen (secondary N) is 1. The molecule has 0 spiro atoms. The van der Waals surface area contributed by atoms with Gasteiger partial charge in [-0.05, 0) is 13.0 Å². The summed E-state index contributed by atoms with van der Waals surface area (Å²) in [5.41, 5.74) is 4.49. The molecule has 6 heteroatoms. The van der Waals surface area contributed by atoms with Crippen molar-refractivity contribution in [2.24, 2.45) is 5.84 Å². The Morgan fingerprint density at radius 1 is 1.44 bits per heavy atom. The lowest BCUT2D eigenvalue weighted by Crippen LogP contribution is -2.31. The first kappa shape index (κ1) is 10.7. The Labute approximate surface area is 93.5 Å². The molecule has 2 aromatic heterocycles. The van der Waals surface area contributed by atoms with Crippen LogP contribution in [0.2, 0.25) is 0 Å². The molecule has 0 aliphatic rings. The number of nitrogens with zero attached hydrogens (tertiary/aromatic N) is 4.